The highest BCUT2D eigenvalue weighted by atomic mass is 35.5. The van der Waals surface area contributed by atoms with Crippen LogP contribution in [-0.2, 0) is 4.79 Å². The molecule has 0 aliphatic carbocycles. The molecule has 0 saturated carbocycles. The summed E-state index contributed by atoms with van der Waals surface area (Å²) >= 11 is 1.40. The van der Waals surface area contributed by atoms with E-state index in [2.05, 4.69) is 10.6 Å². The largest absolute Gasteiger partial charge is 0.354 e. The second-order valence-corrected chi connectivity index (χ2v) is 6.21. The molecule has 2 aromatic rings. The molecule has 1 heterocycles. The summed E-state index contributed by atoms with van der Waals surface area (Å²) in [5.74, 6) is -0.291. The van der Waals surface area contributed by atoms with Crippen LogP contribution in [-0.4, -0.2) is 24.9 Å². The van der Waals surface area contributed by atoms with E-state index in [1.54, 1.807) is 6.07 Å². The van der Waals surface area contributed by atoms with Gasteiger partial charge in [0.25, 0.3) is 5.91 Å². The van der Waals surface area contributed by atoms with E-state index in [1.807, 2.05) is 42.6 Å². The van der Waals surface area contributed by atoms with Crippen molar-refractivity contribution in [3.8, 4) is 0 Å². The lowest BCUT2D eigenvalue weighted by atomic mass is 10.1. The molecule has 0 aliphatic rings. The van der Waals surface area contributed by atoms with Crippen LogP contribution in [0.15, 0.2) is 41.8 Å². The van der Waals surface area contributed by atoms with Crippen molar-refractivity contribution in [2.24, 2.45) is 5.73 Å². The molecule has 4 N–H and O–H groups in total. The third kappa shape index (κ3) is 5.96. The zero-order chi connectivity index (χ0) is 16.7. The molecule has 2 rings (SSSR count). The Kier molecular flexibility index (Phi) is 8.46. The van der Waals surface area contributed by atoms with Crippen molar-refractivity contribution < 1.29 is 9.59 Å². The summed E-state index contributed by atoms with van der Waals surface area (Å²) in [6.45, 7) is 2.97. The zero-order valence-corrected chi connectivity index (χ0v) is 15.1. The molecule has 7 heteroatoms. The Morgan fingerprint density at radius 2 is 1.79 bits per heavy atom. The summed E-state index contributed by atoms with van der Waals surface area (Å²) in [5, 5.41) is 7.47. The fourth-order valence-electron chi connectivity index (χ4n) is 2.03. The quantitative estimate of drug-likeness (QED) is 0.657. The van der Waals surface area contributed by atoms with Crippen LogP contribution in [0, 0.1) is 6.92 Å². The number of benzene rings is 1. The molecule has 0 spiro atoms. The number of aryl methyl sites for hydroxylation is 1. The minimum Gasteiger partial charge on any atom is -0.354 e. The van der Waals surface area contributed by atoms with Crippen molar-refractivity contribution in [1.82, 2.24) is 10.6 Å². The lowest BCUT2D eigenvalue weighted by molar-refractivity contribution is -0.122. The van der Waals surface area contributed by atoms with Crippen LogP contribution in [0.25, 0.3) is 0 Å². The number of amides is 2. The topological polar surface area (TPSA) is 84.2 Å². The molecule has 1 aromatic carbocycles. The van der Waals surface area contributed by atoms with Crippen molar-refractivity contribution in [2.45, 2.75) is 19.4 Å². The number of hydrogen-bond acceptors (Lipinski definition) is 4. The normalized spacial score (nSPS) is 11.2. The summed E-state index contributed by atoms with van der Waals surface area (Å²) in [4.78, 5) is 24.4. The number of carbonyl (C=O) groups excluding carboxylic acids is 2. The summed E-state index contributed by atoms with van der Waals surface area (Å²) in [5.41, 5.74) is 7.85. The smallest absolute Gasteiger partial charge is 0.261 e. The Labute approximate surface area is 152 Å². The number of halogens is 1. The maximum absolute atomic E-state index is 12.0. The number of rotatable bonds is 7. The molecular weight excluding hydrogens is 346 g/mol. The first-order valence-electron chi connectivity index (χ1n) is 7.49. The lowest BCUT2D eigenvalue weighted by Gasteiger charge is -2.13. The van der Waals surface area contributed by atoms with Crippen LogP contribution in [0.1, 0.15) is 33.3 Å². The first-order chi connectivity index (χ1) is 11.1. The van der Waals surface area contributed by atoms with E-state index in [0.717, 1.165) is 11.1 Å². The Bertz CT molecular complexity index is 644. The van der Waals surface area contributed by atoms with E-state index in [9.17, 15) is 9.59 Å². The first kappa shape index (κ1) is 20.2. The molecule has 0 bridgehead atoms. The van der Waals surface area contributed by atoms with Gasteiger partial charge in [0.05, 0.1) is 4.88 Å². The minimum atomic E-state index is -0.670. The van der Waals surface area contributed by atoms with Gasteiger partial charge in [-0.05, 0) is 30.4 Å². The highest BCUT2D eigenvalue weighted by Gasteiger charge is 2.14. The summed E-state index contributed by atoms with van der Waals surface area (Å²) in [7, 11) is 0. The number of carbonyl (C=O) groups is 2. The van der Waals surface area contributed by atoms with Gasteiger partial charge in [0.2, 0.25) is 5.91 Å². The average Bonchev–Trinajstić information content (AvgIpc) is 3.08. The number of thiophene rings is 1. The van der Waals surface area contributed by atoms with Crippen molar-refractivity contribution in [2.75, 3.05) is 13.1 Å². The van der Waals surface area contributed by atoms with Gasteiger partial charge in [-0.1, -0.05) is 35.9 Å². The summed E-state index contributed by atoms with van der Waals surface area (Å²) in [6.07, 6.45) is 0.656. The van der Waals surface area contributed by atoms with Gasteiger partial charge < -0.3 is 16.4 Å². The van der Waals surface area contributed by atoms with Gasteiger partial charge in [0, 0.05) is 13.1 Å². The Morgan fingerprint density at radius 3 is 2.42 bits per heavy atom. The predicted octanol–water partition coefficient (Wildman–Crippen LogP) is 2.41. The highest BCUT2D eigenvalue weighted by Crippen LogP contribution is 2.11. The molecule has 0 saturated heterocycles. The standard InChI is InChI=1S/C17H21N3O2S.ClH/c1-12-5-7-13(8-6-12)15(18)17(22)20-10-3-9-19-16(21)14-4-2-11-23-14;/h2,4-8,11,15H,3,9-10,18H2,1H3,(H,19,21)(H,20,22);1H. The summed E-state index contributed by atoms with van der Waals surface area (Å²) < 4.78 is 0. The number of hydrogen-bond donors (Lipinski definition) is 3. The second kappa shape index (κ2) is 10.1. The van der Waals surface area contributed by atoms with Crippen LogP contribution in [0.2, 0.25) is 0 Å². The maximum atomic E-state index is 12.0. The molecule has 1 atom stereocenters. The monoisotopic (exact) mass is 367 g/mol. The maximum Gasteiger partial charge on any atom is 0.261 e. The van der Waals surface area contributed by atoms with E-state index in [-0.39, 0.29) is 24.2 Å². The van der Waals surface area contributed by atoms with Gasteiger partial charge in [0.15, 0.2) is 0 Å². The van der Waals surface area contributed by atoms with Crippen LogP contribution < -0.4 is 16.4 Å². The van der Waals surface area contributed by atoms with Gasteiger partial charge in [-0.25, -0.2) is 0 Å². The van der Waals surface area contributed by atoms with E-state index >= 15 is 0 Å². The summed E-state index contributed by atoms with van der Waals surface area (Å²) in [6, 6.07) is 10.5. The highest BCUT2D eigenvalue weighted by molar-refractivity contribution is 7.12. The predicted molar refractivity (Wildman–Crippen MR) is 99.6 cm³/mol. The Hall–Kier alpha value is -1.89. The molecular formula is C17H22ClN3O2S. The molecule has 1 aromatic heterocycles. The molecule has 0 fully saturated rings. The van der Waals surface area contributed by atoms with Gasteiger partial charge in [-0.2, -0.15) is 0 Å². The Morgan fingerprint density at radius 1 is 1.12 bits per heavy atom. The minimum absolute atomic E-state index is 0. The SMILES string of the molecule is Cc1ccc(C(N)C(=O)NCCCNC(=O)c2cccs2)cc1.Cl. The van der Waals surface area contributed by atoms with Crippen LogP contribution in [0.5, 0.6) is 0 Å². The third-order valence-electron chi connectivity index (χ3n) is 3.40. The van der Waals surface area contributed by atoms with Gasteiger partial charge in [-0.15, -0.1) is 23.7 Å². The van der Waals surface area contributed by atoms with E-state index in [0.29, 0.717) is 24.4 Å². The van der Waals surface area contributed by atoms with E-state index in [1.165, 1.54) is 11.3 Å². The van der Waals surface area contributed by atoms with Crippen LogP contribution in [0.3, 0.4) is 0 Å². The fraction of sp³-hybridized carbons (Fsp3) is 0.294. The van der Waals surface area contributed by atoms with Crippen molar-refractivity contribution in [3.63, 3.8) is 0 Å². The Balaban J connectivity index is 0.00000288. The van der Waals surface area contributed by atoms with Gasteiger partial charge >= 0.3 is 0 Å². The third-order valence-corrected chi connectivity index (χ3v) is 4.27. The van der Waals surface area contributed by atoms with Crippen molar-refractivity contribution >= 4 is 35.6 Å². The van der Waals surface area contributed by atoms with E-state index < -0.39 is 6.04 Å². The second-order valence-electron chi connectivity index (χ2n) is 5.27. The van der Waals surface area contributed by atoms with Gasteiger partial charge in [0.1, 0.15) is 6.04 Å². The molecule has 1 unspecified atom stereocenters. The van der Waals surface area contributed by atoms with Gasteiger partial charge in [-0.3, -0.25) is 9.59 Å². The molecule has 2 amide bonds. The average molecular weight is 368 g/mol. The van der Waals surface area contributed by atoms with Crippen LogP contribution in [0.4, 0.5) is 0 Å². The fourth-order valence-corrected chi connectivity index (χ4v) is 2.67. The van der Waals surface area contributed by atoms with Crippen molar-refractivity contribution in [3.05, 3.63) is 57.8 Å². The van der Waals surface area contributed by atoms with Crippen molar-refractivity contribution in [1.29, 1.82) is 0 Å². The van der Waals surface area contributed by atoms with E-state index in [4.69, 9.17) is 5.73 Å². The number of nitrogens with one attached hydrogen (secondary N) is 2. The molecule has 130 valence electrons. The lowest BCUT2D eigenvalue weighted by Crippen LogP contribution is -2.36. The number of nitrogens with two attached hydrogens (primary N) is 1. The first-order valence-corrected chi connectivity index (χ1v) is 8.37. The molecule has 0 radical (unpaired) electrons. The molecule has 0 aliphatic heterocycles. The zero-order valence-electron chi connectivity index (χ0n) is 13.5. The molecule has 5 nitrogen and oxygen atoms in total. The van der Waals surface area contributed by atoms with Crippen LogP contribution >= 0.6 is 23.7 Å². The molecule has 24 heavy (non-hydrogen) atoms.